The van der Waals surface area contributed by atoms with Crippen molar-refractivity contribution >= 4 is 40.1 Å². The summed E-state index contributed by atoms with van der Waals surface area (Å²) in [4.78, 5) is 13.6. The highest BCUT2D eigenvalue weighted by Crippen LogP contribution is 2.38. The first-order valence-corrected chi connectivity index (χ1v) is 8.31. The van der Waals surface area contributed by atoms with Gasteiger partial charge in [-0.3, -0.25) is 0 Å². The van der Waals surface area contributed by atoms with Gasteiger partial charge in [-0.05, 0) is 13.2 Å². The molecule has 0 amide bonds. The average Bonchev–Trinajstić information content (AvgIpc) is 2.64. The van der Waals surface area contributed by atoms with Gasteiger partial charge in [-0.2, -0.15) is 4.98 Å². The molecule has 0 fully saturated rings. The summed E-state index contributed by atoms with van der Waals surface area (Å²) < 4.78 is 45.8. The highest BCUT2D eigenvalue weighted by molar-refractivity contribution is 7.98. The van der Waals surface area contributed by atoms with E-state index in [1.54, 1.807) is 13.2 Å². The lowest BCUT2D eigenvalue weighted by Crippen LogP contribution is -2.40. The number of hydrogen-bond donors (Lipinski definition) is 0. The van der Waals surface area contributed by atoms with Crippen LogP contribution in [0.1, 0.15) is 6.92 Å². The van der Waals surface area contributed by atoms with Crippen molar-refractivity contribution in [2.24, 2.45) is 0 Å². The Kier molecular flexibility index (Phi) is 4.41. The van der Waals surface area contributed by atoms with Crippen molar-refractivity contribution in [3.63, 3.8) is 0 Å². The van der Waals surface area contributed by atoms with Crippen molar-refractivity contribution in [2.75, 3.05) is 24.3 Å². The van der Waals surface area contributed by atoms with E-state index in [0.29, 0.717) is 0 Å². The van der Waals surface area contributed by atoms with Gasteiger partial charge in [-0.25, -0.2) is 23.1 Å². The highest BCUT2D eigenvalue weighted by atomic mass is 35.5. The molecule has 0 N–H and O–H groups in total. The number of thioether (sulfide) groups is 1. The molecule has 0 aromatic carbocycles. The normalized spacial score (nSPS) is 17.5. The van der Waals surface area contributed by atoms with Gasteiger partial charge in [-0.1, -0.05) is 23.4 Å². The van der Waals surface area contributed by atoms with Crippen LogP contribution in [0.2, 0.25) is 5.15 Å². The minimum absolute atomic E-state index is 0.0534. The maximum Gasteiger partial charge on any atom is 0.255 e. The van der Waals surface area contributed by atoms with E-state index >= 15 is 0 Å². The largest absolute Gasteiger partial charge is 0.475 e. The van der Waals surface area contributed by atoms with Gasteiger partial charge in [0.25, 0.3) is 6.43 Å². The summed E-state index contributed by atoms with van der Waals surface area (Å²) in [6, 6.07) is -0.396. The van der Waals surface area contributed by atoms with E-state index < -0.39 is 24.8 Å². The predicted molar refractivity (Wildman–Crippen MR) is 82.4 cm³/mol. The highest BCUT2D eigenvalue weighted by Gasteiger charge is 2.31. The molecule has 0 spiro atoms. The third-order valence-electron chi connectivity index (χ3n) is 3.45. The lowest BCUT2D eigenvalue weighted by atomic mass is 10.2. The monoisotopic (exact) mass is 364 g/mol. The Labute approximate surface area is 139 Å². The van der Waals surface area contributed by atoms with Gasteiger partial charge in [0.05, 0.1) is 12.6 Å². The third-order valence-corrected chi connectivity index (χ3v) is 4.25. The van der Waals surface area contributed by atoms with E-state index in [9.17, 15) is 13.2 Å². The van der Waals surface area contributed by atoms with Crippen molar-refractivity contribution in [2.45, 2.75) is 24.5 Å². The van der Waals surface area contributed by atoms with Crippen LogP contribution in [0.4, 0.5) is 19.0 Å². The third kappa shape index (κ3) is 2.87. The number of nitrogens with zero attached hydrogens (tertiary/aromatic N) is 4. The first-order valence-electron chi connectivity index (χ1n) is 6.70. The van der Waals surface area contributed by atoms with Gasteiger partial charge in [0.15, 0.2) is 16.1 Å². The fourth-order valence-electron chi connectivity index (χ4n) is 2.39. The number of rotatable bonds is 3. The minimum atomic E-state index is -2.58. The number of alkyl halides is 2. The molecule has 124 valence electrons. The number of halogens is 4. The van der Waals surface area contributed by atoms with E-state index in [2.05, 4.69) is 15.0 Å². The second-order valence-electron chi connectivity index (χ2n) is 4.98. The van der Waals surface area contributed by atoms with Gasteiger partial charge in [0.1, 0.15) is 23.3 Å². The summed E-state index contributed by atoms with van der Waals surface area (Å²) in [5.41, 5.74) is -0.0808. The molecule has 1 aliphatic rings. The van der Waals surface area contributed by atoms with Crippen LogP contribution in [0.15, 0.2) is 5.16 Å². The Morgan fingerprint density at radius 1 is 1.39 bits per heavy atom. The molecule has 0 bridgehead atoms. The van der Waals surface area contributed by atoms with Crippen LogP contribution < -0.4 is 9.64 Å². The Hall–Kier alpha value is -1.48. The van der Waals surface area contributed by atoms with E-state index in [-0.39, 0.29) is 39.5 Å². The zero-order valence-corrected chi connectivity index (χ0v) is 13.8. The summed E-state index contributed by atoms with van der Waals surface area (Å²) in [6.07, 6.45) is -0.865. The summed E-state index contributed by atoms with van der Waals surface area (Å²) in [6.45, 7) is 1.27. The zero-order valence-electron chi connectivity index (χ0n) is 12.2. The van der Waals surface area contributed by atoms with Gasteiger partial charge >= 0.3 is 0 Å². The second-order valence-corrected chi connectivity index (χ2v) is 6.11. The Morgan fingerprint density at radius 3 is 2.78 bits per heavy atom. The van der Waals surface area contributed by atoms with Crippen LogP contribution in [0, 0.1) is 5.82 Å². The Bertz CT molecular complexity index is 764. The fourth-order valence-corrected chi connectivity index (χ4v) is 2.92. The molecule has 1 aliphatic heterocycles. The van der Waals surface area contributed by atoms with Gasteiger partial charge in [-0.15, -0.1) is 0 Å². The molecule has 10 heteroatoms. The van der Waals surface area contributed by atoms with Crippen molar-refractivity contribution in [3.8, 4) is 5.88 Å². The van der Waals surface area contributed by atoms with Gasteiger partial charge < -0.3 is 9.64 Å². The van der Waals surface area contributed by atoms with Crippen molar-refractivity contribution in [1.82, 2.24) is 15.0 Å². The zero-order chi connectivity index (χ0) is 16.7. The fraction of sp³-hybridized carbons (Fsp3) is 0.462. The number of anilines is 1. The number of aromatic nitrogens is 3. The number of hydrogen-bond acceptors (Lipinski definition) is 6. The van der Waals surface area contributed by atoms with Crippen molar-refractivity contribution in [1.29, 1.82) is 0 Å². The summed E-state index contributed by atoms with van der Waals surface area (Å²) in [5, 5.41) is 0.0434. The van der Waals surface area contributed by atoms with Crippen LogP contribution >= 0.6 is 23.4 Å². The lowest BCUT2D eigenvalue weighted by molar-refractivity contribution is 0.149. The van der Waals surface area contributed by atoms with E-state index in [4.69, 9.17) is 16.3 Å². The lowest BCUT2D eigenvalue weighted by Gasteiger charge is -2.28. The standard InChI is InChI=1S/C13H12ClF3N4OS/c1-5-4-22-12-7-9(8(17)10(14)19-12)18-13(23-2)20-11(7)21(5)3-6(15)16/h5-6H,3-4H2,1-2H3/t5-/m0/s1. The van der Waals surface area contributed by atoms with Gasteiger partial charge in [0.2, 0.25) is 5.88 Å². The van der Waals surface area contributed by atoms with Crippen LogP contribution in [0.5, 0.6) is 5.88 Å². The molecule has 23 heavy (non-hydrogen) atoms. The number of ether oxygens (including phenoxy) is 1. The molecule has 5 nitrogen and oxygen atoms in total. The smallest absolute Gasteiger partial charge is 0.255 e. The first kappa shape index (κ1) is 16.4. The molecular formula is C13H12ClF3N4OS. The molecule has 0 radical (unpaired) electrons. The summed E-state index contributed by atoms with van der Waals surface area (Å²) >= 11 is 6.97. The summed E-state index contributed by atoms with van der Waals surface area (Å²) in [7, 11) is 0. The Morgan fingerprint density at radius 2 is 2.13 bits per heavy atom. The topological polar surface area (TPSA) is 51.1 Å². The first-order chi connectivity index (χ1) is 10.9. The molecule has 0 saturated heterocycles. The maximum absolute atomic E-state index is 14.3. The molecule has 2 aromatic rings. The molecule has 0 saturated carbocycles. The molecule has 0 aliphatic carbocycles. The van der Waals surface area contributed by atoms with Crippen LogP contribution in [0.3, 0.4) is 0 Å². The van der Waals surface area contributed by atoms with Crippen LogP contribution in [0.25, 0.3) is 10.9 Å². The van der Waals surface area contributed by atoms with E-state index in [0.717, 1.165) is 0 Å². The maximum atomic E-state index is 14.3. The van der Waals surface area contributed by atoms with Crippen LogP contribution in [-0.4, -0.2) is 46.8 Å². The molecule has 1 atom stereocenters. The molecule has 2 aromatic heterocycles. The van der Waals surface area contributed by atoms with E-state index in [1.807, 2.05) is 0 Å². The predicted octanol–water partition coefficient (Wildman–Crippen LogP) is 3.39. The quantitative estimate of drug-likeness (QED) is 0.473. The molecular weight excluding hydrogens is 353 g/mol. The molecule has 3 rings (SSSR count). The molecule has 0 unspecified atom stereocenters. The van der Waals surface area contributed by atoms with Crippen molar-refractivity contribution < 1.29 is 17.9 Å². The SMILES string of the molecule is CSc1nc2c3c(nc(Cl)c(F)c3n1)OC[C@H](C)N2CC(F)F. The van der Waals surface area contributed by atoms with Crippen molar-refractivity contribution in [3.05, 3.63) is 11.0 Å². The average molecular weight is 365 g/mol. The van der Waals surface area contributed by atoms with Gasteiger partial charge in [0, 0.05) is 0 Å². The second kappa shape index (κ2) is 6.20. The van der Waals surface area contributed by atoms with Crippen LogP contribution in [-0.2, 0) is 0 Å². The minimum Gasteiger partial charge on any atom is -0.475 e. The summed E-state index contributed by atoms with van der Waals surface area (Å²) in [5.74, 6) is -0.583. The Balaban J connectivity index is 2.34. The van der Waals surface area contributed by atoms with E-state index in [1.165, 1.54) is 16.7 Å². The molecule has 3 heterocycles. The number of pyridine rings is 1.